The number of hydrogen-bond acceptors (Lipinski definition) is 3. The average molecular weight is 262 g/mol. The van der Waals surface area contributed by atoms with Gasteiger partial charge in [0.25, 0.3) is 0 Å². The smallest absolute Gasteiger partial charge is 0.122 e. The Kier molecular flexibility index (Phi) is 4.04. The van der Waals surface area contributed by atoms with Crippen molar-refractivity contribution in [3.05, 3.63) is 29.8 Å². The Balaban J connectivity index is 1.60. The number of aliphatic hydroxyl groups excluding tert-OH is 1. The highest BCUT2D eigenvalue weighted by Crippen LogP contribution is 2.37. The summed E-state index contributed by atoms with van der Waals surface area (Å²) in [5.41, 5.74) is 1.26. The van der Waals surface area contributed by atoms with E-state index in [9.17, 15) is 5.11 Å². The molecule has 1 aromatic rings. The summed E-state index contributed by atoms with van der Waals surface area (Å²) >= 11 is 0. The van der Waals surface area contributed by atoms with Crippen LogP contribution in [0.15, 0.2) is 24.3 Å². The van der Waals surface area contributed by atoms with E-state index in [-0.39, 0.29) is 6.10 Å². The Labute approximate surface area is 114 Å². The van der Waals surface area contributed by atoms with Gasteiger partial charge >= 0.3 is 0 Å². The Morgan fingerprint density at radius 2 is 2.05 bits per heavy atom. The monoisotopic (exact) mass is 262 g/mol. The third-order valence-electron chi connectivity index (χ3n) is 4.27. The van der Waals surface area contributed by atoms with E-state index in [2.05, 4.69) is 12.1 Å². The van der Waals surface area contributed by atoms with Crippen LogP contribution < -0.4 is 4.74 Å². The first-order valence-corrected chi connectivity index (χ1v) is 7.30. The maximum atomic E-state index is 10.3. The van der Waals surface area contributed by atoms with Crippen molar-refractivity contribution < 1.29 is 14.6 Å². The SMILES string of the molecule is OC(CC1CCOC1)CC1CCOc2ccccc21. The highest BCUT2D eigenvalue weighted by molar-refractivity contribution is 5.37. The lowest BCUT2D eigenvalue weighted by Crippen LogP contribution is -2.21. The summed E-state index contributed by atoms with van der Waals surface area (Å²) in [6.07, 6.45) is 3.61. The van der Waals surface area contributed by atoms with Crippen LogP contribution in [0.25, 0.3) is 0 Å². The van der Waals surface area contributed by atoms with E-state index < -0.39 is 0 Å². The summed E-state index contributed by atoms with van der Waals surface area (Å²) in [5.74, 6) is 1.97. The van der Waals surface area contributed by atoms with Crippen LogP contribution in [0.2, 0.25) is 0 Å². The molecule has 0 spiro atoms. The number of fused-ring (bicyclic) bond motifs is 1. The van der Waals surface area contributed by atoms with E-state index in [1.807, 2.05) is 12.1 Å². The summed E-state index contributed by atoms with van der Waals surface area (Å²) in [4.78, 5) is 0. The summed E-state index contributed by atoms with van der Waals surface area (Å²) in [6, 6.07) is 8.22. The average Bonchev–Trinajstić information content (AvgIpc) is 2.92. The lowest BCUT2D eigenvalue weighted by atomic mass is 9.86. The molecule has 0 aromatic heterocycles. The summed E-state index contributed by atoms with van der Waals surface area (Å²) in [6.45, 7) is 2.44. The van der Waals surface area contributed by atoms with Gasteiger partial charge in [-0.1, -0.05) is 18.2 Å². The van der Waals surface area contributed by atoms with Gasteiger partial charge in [-0.25, -0.2) is 0 Å². The van der Waals surface area contributed by atoms with Gasteiger partial charge in [-0.2, -0.15) is 0 Å². The number of aliphatic hydroxyl groups is 1. The van der Waals surface area contributed by atoms with Crippen molar-refractivity contribution in [2.75, 3.05) is 19.8 Å². The highest BCUT2D eigenvalue weighted by atomic mass is 16.5. The Morgan fingerprint density at radius 1 is 1.16 bits per heavy atom. The predicted molar refractivity (Wildman–Crippen MR) is 73.5 cm³/mol. The Bertz CT molecular complexity index is 412. The molecule has 2 aliphatic heterocycles. The van der Waals surface area contributed by atoms with Crippen molar-refractivity contribution in [1.82, 2.24) is 0 Å². The van der Waals surface area contributed by atoms with Gasteiger partial charge < -0.3 is 14.6 Å². The highest BCUT2D eigenvalue weighted by Gasteiger charge is 2.26. The quantitative estimate of drug-likeness (QED) is 0.906. The van der Waals surface area contributed by atoms with Gasteiger partial charge in [0.05, 0.1) is 12.7 Å². The second kappa shape index (κ2) is 5.93. The molecule has 1 aromatic carbocycles. The molecule has 2 aliphatic rings. The number of ether oxygens (including phenoxy) is 2. The summed E-state index contributed by atoms with van der Waals surface area (Å²) in [5, 5.41) is 10.3. The maximum Gasteiger partial charge on any atom is 0.122 e. The lowest BCUT2D eigenvalue weighted by molar-refractivity contribution is 0.109. The first-order valence-electron chi connectivity index (χ1n) is 7.30. The fourth-order valence-corrected chi connectivity index (χ4v) is 3.24. The van der Waals surface area contributed by atoms with Crippen LogP contribution >= 0.6 is 0 Å². The number of hydrogen-bond donors (Lipinski definition) is 1. The fraction of sp³-hybridized carbons (Fsp3) is 0.625. The second-order valence-corrected chi connectivity index (χ2v) is 5.73. The van der Waals surface area contributed by atoms with Gasteiger partial charge in [-0.3, -0.25) is 0 Å². The minimum atomic E-state index is -0.220. The van der Waals surface area contributed by atoms with Crippen LogP contribution in [-0.4, -0.2) is 31.0 Å². The molecule has 3 atom stereocenters. The minimum absolute atomic E-state index is 0.220. The molecule has 0 amide bonds. The molecule has 2 heterocycles. The molecule has 0 aliphatic carbocycles. The van der Waals surface area contributed by atoms with Crippen LogP contribution in [0.4, 0.5) is 0 Å². The molecule has 19 heavy (non-hydrogen) atoms. The van der Waals surface area contributed by atoms with Crippen molar-refractivity contribution >= 4 is 0 Å². The number of rotatable bonds is 4. The van der Waals surface area contributed by atoms with Gasteiger partial charge in [0, 0.05) is 13.2 Å². The van der Waals surface area contributed by atoms with Crippen molar-refractivity contribution in [3.8, 4) is 5.75 Å². The van der Waals surface area contributed by atoms with Gasteiger partial charge in [0.2, 0.25) is 0 Å². The van der Waals surface area contributed by atoms with Crippen molar-refractivity contribution in [3.63, 3.8) is 0 Å². The fourth-order valence-electron chi connectivity index (χ4n) is 3.24. The van der Waals surface area contributed by atoms with E-state index in [0.717, 1.165) is 51.3 Å². The van der Waals surface area contributed by atoms with Gasteiger partial charge in [-0.05, 0) is 49.1 Å². The molecule has 1 fully saturated rings. The second-order valence-electron chi connectivity index (χ2n) is 5.73. The van der Waals surface area contributed by atoms with Gasteiger partial charge in [0.1, 0.15) is 5.75 Å². The standard InChI is InChI=1S/C16H22O3/c17-14(9-12-5-7-18-11-12)10-13-6-8-19-16-4-2-1-3-15(13)16/h1-4,12-14,17H,5-11H2. The topological polar surface area (TPSA) is 38.7 Å². The van der Waals surface area contributed by atoms with E-state index in [4.69, 9.17) is 9.47 Å². The normalized spacial score (nSPS) is 27.6. The number of benzene rings is 1. The van der Waals surface area contributed by atoms with E-state index in [0.29, 0.717) is 11.8 Å². The molecule has 1 N–H and O–H groups in total. The largest absolute Gasteiger partial charge is 0.493 e. The summed E-state index contributed by atoms with van der Waals surface area (Å²) < 4.78 is 11.0. The molecule has 0 radical (unpaired) electrons. The zero-order valence-electron chi connectivity index (χ0n) is 11.3. The van der Waals surface area contributed by atoms with Crippen LogP contribution in [-0.2, 0) is 4.74 Å². The lowest BCUT2D eigenvalue weighted by Gasteiger charge is -2.28. The molecule has 0 saturated carbocycles. The van der Waals surface area contributed by atoms with Gasteiger partial charge in [-0.15, -0.1) is 0 Å². The zero-order chi connectivity index (χ0) is 13.1. The molecule has 3 nitrogen and oxygen atoms in total. The maximum absolute atomic E-state index is 10.3. The van der Waals surface area contributed by atoms with Crippen LogP contribution in [0.3, 0.4) is 0 Å². The molecule has 3 heteroatoms. The zero-order valence-corrected chi connectivity index (χ0v) is 11.3. The Morgan fingerprint density at radius 3 is 2.89 bits per heavy atom. The third kappa shape index (κ3) is 3.10. The van der Waals surface area contributed by atoms with Crippen LogP contribution in [0, 0.1) is 5.92 Å². The van der Waals surface area contributed by atoms with E-state index in [1.54, 1.807) is 0 Å². The molecular weight excluding hydrogens is 240 g/mol. The van der Waals surface area contributed by atoms with E-state index in [1.165, 1.54) is 5.56 Å². The van der Waals surface area contributed by atoms with E-state index >= 15 is 0 Å². The first kappa shape index (κ1) is 12.9. The Hall–Kier alpha value is -1.06. The summed E-state index contributed by atoms with van der Waals surface area (Å²) in [7, 11) is 0. The molecule has 3 unspecified atom stereocenters. The van der Waals surface area contributed by atoms with Gasteiger partial charge in [0.15, 0.2) is 0 Å². The predicted octanol–water partition coefficient (Wildman–Crippen LogP) is 2.73. The van der Waals surface area contributed by atoms with Crippen LogP contribution in [0.1, 0.15) is 37.2 Å². The molecular formula is C16H22O3. The molecule has 104 valence electrons. The number of para-hydroxylation sites is 1. The molecule has 3 rings (SSSR count). The minimum Gasteiger partial charge on any atom is -0.493 e. The first-order chi connectivity index (χ1) is 9.33. The molecule has 1 saturated heterocycles. The third-order valence-corrected chi connectivity index (χ3v) is 4.27. The van der Waals surface area contributed by atoms with Crippen LogP contribution in [0.5, 0.6) is 5.75 Å². The van der Waals surface area contributed by atoms with Crippen molar-refractivity contribution in [2.45, 2.75) is 37.7 Å². The van der Waals surface area contributed by atoms with Crippen molar-refractivity contribution in [1.29, 1.82) is 0 Å². The molecule has 0 bridgehead atoms. The van der Waals surface area contributed by atoms with Crippen molar-refractivity contribution in [2.24, 2.45) is 5.92 Å².